The van der Waals surface area contributed by atoms with Crippen LogP contribution in [0.5, 0.6) is 0 Å². The number of amides is 3. The molecule has 0 spiro atoms. The van der Waals surface area contributed by atoms with Crippen molar-refractivity contribution in [1.29, 1.82) is 0 Å². The second-order valence-electron chi connectivity index (χ2n) is 14.3. The second kappa shape index (κ2) is 19.9. The lowest BCUT2D eigenvalue weighted by Gasteiger charge is -2.32. The number of hydrogen-bond donors (Lipinski definition) is 7. The number of H-pyrrole nitrogens is 1. The van der Waals surface area contributed by atoms with E-state index in [9.17, 15) is 14.4 Å². The molecule has 0 bridgehead atoms. The van der Waals surface area contributed by atoms with Crippen LogP contribution in [-0.4, -0.2) is 75.8 Å². The molecule has 1 aliphatic rings. The number of hydrogen-bond acceptors (Lipinski definition) is 10. The van der Waals surface area contributed by atoms with Gasteiger partial charge in [-0.15, -0.1) is 0 Å². The molecule has 0 aliphatic carbocycles. The molecule has 6 rings (SSSR count). The summed E-state index contributed by atoms with van der Waals surface area (Å²) < 4.78 is 0. The van der Waals surface area contributed by atoms with Gasteiger partial charge in [0, 0.05) is 66.5 Å². The van der Waals surface area contributed by atoms with Crippen LogP contribution < -0.4 is 33.2 Å². The molecular weight excluding hydrogens is 760 g/mol. The van der Waals surface area contributed by atoms with Crippen LogP contribution in [0.3, 0.4) is 0 Å². The highest BCUT2D eigenvalue weighted by Gasteiger charge is 2.34. The molecule has 3 aromatic heterocycles. The number of unbranched alkanes of at least 4 members (excludes halogenated alkanes) is 2. The molecule has 5 aromatic rings. The average molecular weight is 811 g/mol. The Morgan fingerprint density at radius 1 is 0.877 bits per heavy atom. The summed E-state index contributed by atoms with van der Waals surface area (Å²) in [5, 5.41) is 11.8. The largest absolute Gasteiger partial charge is 0.384 e. The number of aromatic nitrogens is 3. The average Bonchev–Trinajstić information content (AvgIpc) is 3.63. The van der Waals surface area contributed by atoms with Crippen molar-refractivity contribution in [2.24, 2.45) is 11.5 Å². The van der Waals surface area contributed by atoms with Crippen molar-refractivity contribution in [1.82, 2.24) is 35.8 Å². The van der Waals surface area contributed by atoms with Crippen LogP contribution in [0.4, 0.5) is 5.82 Å². The number of para-hydroxylation sites is 1. The highest BCUT2D eigenvalue weighted by atomic mass is 35.5. The van der Waals surface area contributed by atoms with Crippen LogP contribution in [0.25, 0.3) is 22.0 Å². The number of anilines is 1. The first-order chi connectivity index (χ1) is 27.7. The van der Waals surface area contributed by atoms with E-state index in [-0.39, 0.29) is 30.7 Å². The quantitative estimate of drug-likeness (QED) is 0.0897. The van der Waals surface area contributed by atoms with Crippen molar-refractivity contribution in [2.45, 2.75) is 86.1 Å². The molecule has 2 aromatic carbocycles. The predicted octanol–water partition coefficient (Wildman–Crippen LogP) is 4.91. The van der Waals surface area contributed by atoms with E-state index in [0.29, 0.717) is 66.1 Å². The Bertz CT molecular complexity index is 2160. The third kappa shape index (κ3) is 10.3. The lowest BCUT2D eigenvalue weighted by Crippen LogP contribution is -2.57. The van der Waals surface area contributed by atoms with Crippen LogP contribution in [0.15, 0.2) is 89.2 Å². The Kier molecular flexibility index (Phi) is 14.6. The van der Waals surface area contributed by atoms with Gasteiger partial charge in [-0.05, 0) is 91.4 Å². The van der Waals surface area contributed by atoms with Gasteiger partial charge < -0.3 is 43.0 Å². The van der Waals surface area contributed by atoms with Gasteiger partial charge in [0.25, 0.3) is 0 Å². The van der Waals surface area contributed by atoms with Crippen molar-refractivity contribution >= 4 is 57.8 Å². The Balaban J connectivity index is 1.46. The summed E-state index contributed by atoms with van der Waals surface area (Å²) in [7, 11) is 1.63. The van der Waals surface area contributed by atoms with E-state index in [4.69, 9.17) is 33.8 Å². The molecule has 0 radical (unpaired) electrons. The van der Waals surface area contributed by atoms with Crippen LogP contribution in [0.2, 0.25) is 5.02 Å². The molecule has 0 saturated carbocycles. The van der Waals surface area contributed by atoms with E-state index in [1.54, 1.807) is 25.5 Å². The van der Waals surface area contributed by atoms with Crippen LogP contribution in [0, 0.1) is 0 Å². The van der Waals surface area contributed by atoms with E-state index in [1.165, 1.54) is 16.7 Å². The molecule has 57 heavy (non-hydrogen) atoms. The predicted molar refractivity (Wildman–Crippen MR) is 226 cm³/mol. The number of carbonyl (C=O) groups excluding carboxylic acids is 3. The number of nitrogens with two attached hydrogens (primary N) is 3. The van der Waals surface area contributed by atoms with Gasteiger partial charge in [0.15, 0.2) is 0 Å². The van der Waals surface area contributed by atoms with Crippen LogP contribution in [-0.2, 0) is 33.9 Å². The van der Waals surface area contributed by atoms with Crippen molar-refractivity contribution in [3.63, 3.8) is 0 Å². The molecule has 13 nitrogen and oxygen atoms in total. The molecule has 300 valence electrons. The number of benzene rings is 2. The number of aromatic amines is 1. The molecule has 0 fully saturated rings. The number of nitrogens with one attached hydrogen (secondary N) is 4. The lowest BCUT2D eigenvalue weighted by molar-refractivity contribution is -0.142. The Hall–Kier alpha value is -4.99. The maximum atomic E-state index is 14.7. The number of halogens is 1. The summed E-state index contributed by atoms with van der Waals surface area (Å²) in [6, 6.07) is 16.5. The fourth-order valence-corrected chi connectivity index (χ4v) is 8.50. The van der Waals surface area contributed by atoms with E-state index in [1.807, 2.05) is 60.8 Å². The van der Waals surface area contributed by atoms with Gasteiger partial charge in [0.05, 0.1) is 11.1 Å². The Morgan fingerprint density at radius 3 is 2.47 bits per heavy atom. The SMILES string of the molecule is CN1C(=O)[C@H](CCCCCN)NC(=O)[C@H](CCCN)NCc2cccnc2Sc2c(Cl)ccc(-c3ccc(N)nc3)c2CNC(=O)[C@@H]1Cc1c[nH]c2ccccc12. The minimum Gasteiger partial charge on any atom is -0.384 e. The minimum absolute atomic E-state index is 0.0781. The molecule has 10 N–H and O–H groups in total. The molecule has 0 saturated heterocycles. The van der Waals surface area contributed by atoms with Gasteiger partial charge >= 0.3 is 0 Å². The summed E-state index contributed by atoms with van der Waals surface area (Å²) in [6.45, 7) is 1.32. The topological polar surface area (TPSA) is 210 Å². The monoisotopic (exact) mass is 810 g/mol. The number of likely N-dealkylation sites (N-methyl/N-ethyl adjacent to an activating group) is 1. The maximum Gasteiger partial charge on any atom is 0.245 e. The zero-order valence-electron chi connectivity index (χ0n) is 32.1. The van der Waals surface area contributed by atoms with E-state index >= 15 is 0 Å². The molecular formula is C42H51ClN10O3S. The van der Waals surface area contributed by atoms with Gasteiger partial charge in [0.2, 0.25) is 17.7 Å². The van der Waals surface area contributed by atoms with Gasteiger partial charge in [-0.3, -0.25) is 14.4 Å². The molecule has 3 amide bonds. The normalized spacial score (nSPS) is 18.4. The first kappa shape index (κ1) is 41.6. The zero-order chi connectivity index (χ0) is 40.3. The van der Waals surface area contributed by atoms with Gasteiger partial charge in [-0.25, -0.2) is 9.97 Å². The van der Waals surface area contributed by atoms with Crippen molar-refractivity contribution in [3.05, 3.63) is 101 Å². The Morgan fingerprint density at radius 2 is 1.68 bits per heavy atom. The smallest absolute Gasteiger partial charge is 0.245 e. The summed E-state index contributed by atoms with van der Waals surface area (Å²) in [4.78, 5) is 58.0. The second-order valence-corrected chi connectivity index (χ2v) is 15.7. The fourth-order valence-electron chi connectivity index (χ4n) is 7.15. The van der Waals surface area contributed by atoms with E-state index < -0.39 is 18.1 Å². The number of rotatable bonds is 11. The van der Waals surface area contributed by atoms with Crippen molar-refractivity contribution < 1.29 is 14.4 Å². The number of nitrogens with zero attached hydrogens (tertiary/aromatic N) is 3. The van der Waals surface area contributed by atoms with Gasteiger partial charge in [0.1, 0.15) is 22.9 Å². The molecule has 0 unspecified atom stereocenters. The van der Waals surface area contributed by atoms with Gasteiger partial charge in [-0.2, -0.15) is 0 Å². The van der Waals surface area contributed by atoms with Crippen molar-refractivity contribution in [3.8, 4) is 11.1 Å². The van der Waals surface area contributed by atoms with Gasteiger partial charge in [-0.1, -0.05) is 66.5 Å². The Labute approximate surface area is 342 Å². The van der Waals surface area contributed by atoms with E-state index in [2.05, 4.69) is 25.9 Å². The summed E-state index contributed by atoms with van der Waals surface area (Å²) in [6.07, 6.45) is 9.17. The highest BCUT2D eigenvalue weighted by Crippen LogP contribution is 2.41. The number of pyridine rings is 2. The highest BCUT2D eigenvalue weighted by molar-refractivity contribution is 7.99. The third-order valence-electron chi connectivity index (χ3n) is 10.4. The first-order valence-electron chi connectivity index (χ1n) is 19.4. The molecule has 1 aliphatic heterocycles. The molecule has 15 heteroatoms. The maximum absolute atomic E-state index is 14.7. The summed E-state index contributed by atoms with van der Waals surface area (Å²) in [5.74, 6) is -0.667. The summed E-state index contributed by atoms with van der Waals surface area (Å²) >= 11 is 8.39. The zero-order valence-corrected chi connectivity index (χ0v) is 33.7. The number of fused-ring (bicyclic) bond motifs is 3. The minimum atomic E-state index is -0.943. The molecule has 4 heterocycles. The van der Waals surface area contributed by atoms with E-state index in [0.717, 1.165) is 51.6 Å². The number of carbonyl (C=O) groups is 3. The first-order valence-corrected chi connectivity index (χ1v) is 20.6. The number of nitrogen functional groups attached to an aromatic ring is 1. The third-order valence-corrected chi connectivity index (χ3v) is 12.0. The fraction of sp³-hybridized carbons (Fsp3) is 0.357. The standard InChI is InChI=1S/C42H51ClN10O3S/c1-53-36(21-28-24-48-33-11-5-4-10-30(28)33)40(55)51-25-31-29(26-14-17-37(46)50-22-26)15-16-32(43)38(31)57-41-27(9-8-20-47-41)23-49-34(13-7-19-45)39(54)52-35(42(53)56)12-3-2-6-18-44/h4-5,8-11,14-17,20,22,24,34-36,48-49H,2-3,6-7,12-13,18-19,21,23,25,44-45H2,1H3,(H2,46,50)(H,51,55)(H,52,54)/t34-,35-,36-/m0/s1. The van der Waals surface area contributed by atoms with Crippen molar-refractivity contribution in [2.75, 3.05) is 25.9 Å². The van der Waals surface area contributed by atoms with Crippen LogP contribution in [0.1, 0.15) is 55.2 Å². The lowest BCUT2D eigenvalue weighted by atomic mass is 9.99. The van der Waals surface area contributed by atoms with Crippen LogP contribution >= 0.6 is 23.4 Å². The summed E-state index contributed by atoms with van der Waals surface area (Å²) in [5.41, 5.74) is 22.6. The molecule has 3 atom stereocenters.